The van der Waals surface area contributed by atoms with E-state index in [2.05, 4.69) is 29.2 Å². The van der Waals surface area contributed by atoms with Gasteiger partial charge in [0.25, 0.3) is 0 Å². The summed E-state index contributed by atoms with van der Waals surface area (Å²) in [6, 6.07) is 12.5. The molecule has 2 aromatic carbocycles. The van der Waals surface area contributed by atoms with Crippen molar-refractivity contribution in [1.82, 2.24) is 9.21 Å². The summed E-state index contributed by atoms with van der Waals surface area (Å²) in [5.41, 5.74) is 5.78. The van der Waals surface area contributed by atoms with Gasteiger partial charge in [0.05, 0.1) is 10.6 Å². The lowest BCUT2D eigenvalue weighted by molar-refractivity contribution is -0.118. The highest BCUT2D eigenvalue weighted by atomic mass is 32.2. The van der Waals surface area contributed by atoms with Crippen molar-refractivity contribution >= 4 is 21.6 Å². The summed E-state index contributed by atoms with van der Waals surface area (Å²) in [5.74, 6) is 0.160. The minimum absolute atomic E-state index is 0.160. The number of fused-ring (bicyclic) bond motifs is 1. The van der Waals surface area contributed by atoms with E-state index in [1.165, 1.54) is 11.1 Å². The van der Waals surface area contributed by atoms with Crippen molar-refractivity contribution in [3.05, 3.63) is 58.7 Å². The summed E-state index contributed by atoms with van der Waals surface area (Å²) in [7, 11) is -3.53. The molecule has 1 amide bonds. The Labute approximate surface area is 183 Å². The van der Waals surface area contributed by atoms with E-state index in [4.69, 9.17) is 0 Å². The van der Waals surface area contributed by atoms with Gasteiger partial charge in [-0.2, -0.15) is 4.31 Å². The monoisotopic (exact) mass is 437 g/mol. The maximum atomic E-state index is 13.5. The molecule has 6 rings (SSSR count). The number of sulfonamides is 1. The molecule has 0 radical (unpaired) electrons. The first-order valence-corrected chi connectivity index (χ1v) is 12.7. The Hall–Kier alpha value is -2.22. The van der Waals surface area contributed by atoms with E-state index < -0.39 is 10.0 Å². The number of carbonyl (C=O) groups is 1. The van der Waals surface area contributed by atoms with Gasteiger partial charge in [-0.15, -0.1) is 0 Å². The topological polar surface area (TPSA) is 60.9 Å². The molecule has 1 fully saturated rings. The van der Waals surface area contributed by atoms with Crippen LogP contribution >= 0.6 is 0 Å². The fraction of sp³-hybridized carbons (Fsp3) is 0.458. The molecule has 0 aromatic heterocycles. The van der Waals surface area contributed by atoms with E-state index in [0.29, 0.717) is 37.4 Å². The summed E-state index contributed by atoms with van der Waals surface area (Å²) in [5, 5.41) is 0. The van der Waals surface area contributed by atoms with Crippen molar-refractivity contribution < 1.29 is 13.2 Å². The second-order valence-corrected chi connectivity index (χ2v) is 11.1. The zero-order chi connectivity index (χ0) is 21.2. The number of anilines is 1. The molecular formula is C24H27N3O3S. The van der Waals surface area contributed by atoms with E-state index >= 15 is 0 Å². The fourth-order valence-electron chi connectivity index (χ4n) is 5.78. The third-order valence-corrected chi connectivity index (χ3v) is 9.31. The molecule has 31 heavy (non-hydrogen) atoms. The molecule has 162 valence electrons. The molecule has 4 aliphatic rings. The van der Waals surface area contributed by atoms with Crippen LogP contribution in [0.3, 0.4) is 0 Å². The molecule has 2 aromatic rings. The fourth-order valence-corrected chi connectivity index (χ4v) is 7.37. The summed E-state index contributed by atoms with van der Waals surface area (Å²) in [4.78, 5) is 16.9. The Balaban J connectivity index is 1.23. The van der Waals surface area contributed by atoms with Crippen molar-refractivity contribution in [3.8, 4) is 0 Å². The Morgan fingerprint density at radius 1 is 0.839 bits per heavy atom. The van der Waals surface area contributed by atoms with Crippen LogP contribution in [0.15, 0.2) is 41.3 Å². The number of rotatable bonds is 3. The zero-order valence-corrected chi connectivity index (χ0v) is 18.4. The average molecular weight is 438 g/mol. The Kier molecular flexibility index (Phi) is 4.49. The van der Waals surface area contributed by atoms with E-state index in [1.807, 2.05) is 17.0 Å². The largest absolute Gasteiger partial charge is 0.312 e. The van der Waals surface area contributed by atoms with Crippen LogP contribution in [0.1, 0.15) is 35.1 Å². The lowest BCUT2D eigenvalue weighted by atomic mass is 9.98. The number of hydrogen-bond acceptors (Lipinski definition) is 4. The minimum atomic E-state index is -3.53. The van der Waals surface area contributed by atoms with Crippen LogP contribution in [-0.4, -0.2) is 55.8 Å². The number of amides is 1. The summed E-state index contributed by atoms with van der Waals surface area (Å²) < 4.78 is 28.7. The van der Waals surface area contributed by atoms with Crippen molar-refractivity contribution in [2.24, 2.45) is 0 Å². The first-order chi connectivity index (χ1) is 15.0. The lowest BCUT2D eigenvalue weighted by Crippen LogP contribution is -2.41. The van der Waals surface area contributed by atoms with Crippen molar-refractivity contribution in [2.75, 3.05) is 31.1 Å². The zero-order valence-electron chi connectivity index (χ0n) is 17.6. The first-order valence-electron chi connectivity index (χ1n) is 11.3. The summed E-state index contributed by atoms with van der Waals surface area (Å²) >= 11 is 0. The molecule has 0 saturated carbocycles. The van der Waals surface area contributed by atoms with Gasteiger partial charge in [-0.05, 0) is 60.1 Å². The molecule has 1 saturated heterocycles. The van der Waals surface area contributed by atoms with E-state index in [0.717, 1.165) is 49.2 Å². The molecule has 1 atom stereocenters. The van der Waals surface area contributed by atoms with E-state index in [-0.39, 0.29) is 11.9 Å². The highest BCUT2D eigenvalue weighted by molar-refractivity contribution is 7.89. The number of hydrogen-bond donors (Lipinski definition) is 0. The van der Waals surface area contributed by atoms with Gasteiger partial charge in [0.1, 0.15) is 0 Å². The molecule has 6 nitrogen and oxygen atoms in total. The first kappa shape index (κ1) is 19.5. The van der Waals surface area contributed by atoms with Crippen molar-refractivity contribution in [3.63, 3.8) is 0 Å². The van der Waals surface area contributed by atoms with Gasteiger partial charge in [0, 0.05) is 45.2 Å². The van der Waals surface area contributed by atoms with Gasteiger partial charge in [-0.1, -0.05) is 24.3 Å². The smallest absolute Gasteiger partial charge is 0.243 e. The highest BCUT2D eigenvalue weighted by Gasteiger charge is 2.38. The third kappa shape index (κ3) is 3.13. The second-order valence-electron chi connectivity index (χ2n) is 9.18. The predicted molar refractivity (Wildman–Crippen MR) is 119 cm³/mol. The third-order valence-electron chi connectivity index (χ3n) is 7.47. The van der Waals surface area contributed by atoms with Gasteiger partial charge < -0.3 is 4.90 Å². The van der Waals surface area contributed by atoms with E-state index in [1.54, 1.807) is 4.31 Å². The Morgan fingerprint density at radius 2 is 1.58 bits per heavy atom. The normalized spacial score (nSPS) is 23.8. The molecule has 4 aliphatic heterocycles. The van der Waals surface area contributed by atoms with Crippen LogP contribution in [-0.2, 0) is 40.6 Å². The molecule has 0 aliphatic carbocycles. The predicted octanol–water partition coefficient (Wildman–Crippen LogP) is 2.34. The molecule has 0 spiro atoms. The number of carbonyl (C=O) groups excluding carboxylic acids is 1. The average Bonchev–Trinajstić information content (AvgIpc) is 3.45. The van der Waals surface area contributed by atoms with Crippen LogP contribution in [0, 0.1) is 0 Å². The van der Waals surface area contributed by atoms with Gasteiger partial charge in [0.2, 0.25) is 15.9 Å². The summed E-state index contributed by atoms with van der Waals surface area (Å²) in [6.45, 7) is 3.70. The van der Waals surface area contributed by atoms with Crippen molar-refractivity contribution in [1.29, 1.82) is 0 Å². The molecule has 0 bridgehead atoms. The van der Waals surface area contributed by atoms with Crippen LogP contribution in [0.25, 0.3) is 0 Å². The number of nitrogens with zero attached hydrogens (tertiary/aromatic N) is 3. The van der Waals surface area contributed by atoms with Crippen LogP contribution in [0.2, 0.25) is 0 Å². The summed E-state index contributed by atoms with van der Waals surface area (Å²) in [6.07, 6.45) is 3.76. The molecular weight excluding hydrogens is 410 g/mol. The van der Waals surface area contributed by atoms with Crippen LogP contribution in [0.5, 0.6) is 0 Å². The number of benzene rings is 2. The highest BCUT2D eigenvalue weighted by Crippen LogP contribution is 2.39. The maximum Gasteiger partial charge on any atom is 0.243 e. The Morgan fingerprint density at radius 3 is 2.42 bits per heavy atom. The van der Waals surface area contributed by atoms with Gasteiger partial charge in [0.15, 0.2) is 0 Å². The molecule has 1 unspecified atom stereocenters. The Bertz CT molecular complexity index is 1180. The molecule has 7 heteroatoms. The van der Waals surface area contributed by atoms with E-state index in [9.17, 15) is 13.2 Å². The second kappa shape index (κ2) is 7.15. The maximum absolute atomic E-state index is 13.5. The van der Waals surface area contributed by atoms with Crippen LogP contribution < -0.4 is 4.90 Å². The lowest BCUT2D eigenvalue weighted by Gasteiger charge is -2.33. The number of aryl methyl sites for hydroxylation is 1. The van der Waals surface area contributed by atoms with Gasteiger partial charge >= 0.3 is 0 Å². The van der Waals surface area contributed by atoms with Crippen LogP contribution in [0.4, 0.5) is 5.69 Å². The standard InChI is InChI=1S/C24H27N3O3S/c28-23-6-5-18-13-22(14-19-8-12-27(23)24(18)19)31(29,30)26-11-9-21(16-26)25-10-7-17-3-1-2-4-20(17)15-25/h1-4,13-14,21H,5-12,15-16H2. The van der Waals surface area contributed by atoms with Crippen molar-refractivity contribution in [2.45, 2.75) is 49.6 Å². The molecule has 4 heterocycles. The van der Waals surface area contributed by atoms with Gasteiger partial charge in [-0.3, -0.25) is 9.69 Å². The SMILES string of the molecule is O=C1CCc2cc(S(=O)(=O)N3CCC(N4CCc5ccccc5C4)C3)cc3c2N1CC3. The quantitative estimate of drug-likeness (QED) is 0.740. The molecule has 0 N–H and O–H groups in total. The minimum Gasteiger partial charge on any atom is -0.312 e. The van der Waals surface area contributed by atoms with Gasteiger partial charge in [-0.25, -0.2) is 8.42 Å².